The highest BCUT2D eigenvalue weighted by molar-refractivity contribution is 6.04. The summed E-state index contributed by atoms with van der Waals surface area (Å²) in [5, 5.41) is 16.0. The van der Waals surface area contributed by atoms with Gasteiger partial charge in [-0.05, 0) is 36.8 Å². The van der Waals surface area contributed by atoms with Crippen molar-refractivity contribution >= 4 is 23.4 Å². The number of rotatable bonds is 10. The van der Waals surface area contributed by atoms with Crippen molar-refractivity contribution in [1.29, 1.82) is 0 Å². The fourth-order valence-corrected chi connectivity index (χ4v) is 3.38. The van der Waals surface area contributed by atoms with Crippen LogP contribution in [-0.4, -0.2) is 41.1 Å². The third-order valence-electron chi connectivity index (χ3n) is 5.18. The molecule has 0 saturated heterocycles. The van der Waals surface area contributed by atoms with Crippen molar-refractivity contribution < 1.29 is 24.3 Å². The van der Waals surface area contributed by atoms with E-state index < -0.39 is 35.1 Å². The van der Waals surface area contributed by atoms with E-state index in [1.54, 1.807) is 31.2 Å². The molecule has 3 amide bonds. The van der Waals surface area contributed by atoms with Gasteiger partial charge in [0.15, 0.2) is 0 Å². The molecule has 0 aromatic heterocycles. The van der Waals surface area contributed by atoms with Crippen molar-refractivity contribution in [3.8, 4) is 5.75 Å². The standard InChI is InChI=1S/C24H37N3O5/c1-9-11-16(4)19(23(30)27(31)15(2)3)21(28)26-20(24(5,6)7)22(29)25-17-12-10-13-18(14-17)32-8/h10,12-14,16,19-20,31H,2,9,11H2,1,3-8H3,(H,25,29)(H,26,28)/t16-,19+,20?/m1/s1. The van der Waals surface area contributed by atoms with Crippen LogP contribution in [0.2, 0.25) is 0 Å². The van der Waals surface area contributed by atoms with E-state index in [1.165, 1.54) is 14.0 Å². The number of carbonyl (C=O) groups is 3. The minimum Gasteiger partial charge on any atom is -0.497 e. The van der Waals surface area contributed by atoms with Gasteiger partial charge in [-0.25, -0.2) is 0 Å². The Morgan fingerprint density at radius 1 is 1.22 bits per heavy atom. The molecule has 1 aromatic rings. The van der Waals surface area contributed by atoms with Crippen molar-refractivity contribution in [2.75, 3.05) is 12.4 Å². The molecule has 1 rings (SSSR count). The van der Waals surface area contributed by atoms with Crippen molar-refractivity contribution in [2.45, 2.75) is 60.4 Å². The molecule has 0 fully saturated rings. The number of carbonyl (C=O) groups excluding carboxylic acids is 3. The number of ether oxygens (including phenoxy) is 1. The molecule has 1 unspecified atom stereocenters. The van der Waals surface area contributed by atoms with Gasteiger partial charge < -0.3 is 15.4 Å². The molecular formula is C24H37N3O5. The number of nitrogens with zero attached hydrogens (tertiary/aromatic N) is 1. The van der Waals surface area contributed by atoms with Gasteiger partial charge >= 0.3 is 0 Å². The lowest BCUT2D eigenvalue weighted by molar-refractivity contribution is -0.166. The molecule has 178 valence electrons. The molecule has 32 heavy (non-hydrogen) atoms. The second-order valence-corrected chi connectivity index (χ2v) is 9.16. The summed E-state index contributed by atoms with van der Waals surface area (Å²) in [4.78, 5) is 39.2. The molecule has 0 bridgehead atoms. The maximum atomic E-state index is 13.2. The third kappa shape index (κ3) is 7.37. The van der Waals surface area contributed by atoms with E-state index in [-0.39, 0.29) is 11.6 Å². The smallest absolute Gasteiger partial charge is 0.263 e. The zero-order chi connectivity index (χ0) is 24.6. The molecule has 0 saturated carbocycles. The molecule has 0 spiro atoms. The fraction of sp³-hybridized carbons (Fsp3) is 0.542. The van der Waals surface area contributed by atoms with Crippen LogP contribution in [0.3, 0.4) is 0 Å². The number of allylic oxidation sites excluding steroid dienone is 1. The quantitative estimate of drug-likeness (QED) is 0.286. The average Bonchev–Trinajstić information content (AvgIpc) is 2.70. The van der Waals surface area contributed by atoms with E-state index in [4.69, 9.17) is 4.74 Å². The Labute approximate surface area is 191 Å². The normalized spacial score (nSPS) is 14.0. The van der Waals surface area contributed by atoms with Gasteiger partial charge in [-0.15, -0.1) is 0 Å². The highest BCUT2D eigenvalue weighted by atomic mass is 16.5. The zero-order valence-electron chi connectivity index (χ0n) is 20.2. The monoisotopic (exact) mass is 447 g/mol. The molecule has 8 heteroatoms. The molecule has 3 atom stereocenters. The predicted molar refractivity (Wildman–Crippen MR) is 124 cm³/mol. The number of methoxy groups -OCH3 is 1. The van der Waals surface area contributed by atoms with Crippen LogP contribution >= 0.6 is 0 Å². The van der Waals surface area contributed by atoms with E-state index in [0.29, 0.717) is 22.9 Å². The topological polar surface area (TPSA) is 108 Å². The van der Waals surface area contributed by atoms with Gasteiger partial charge in [-0.3, -0.25) is 19.6 Å². The highest BCUT2D eigenvalue weighted by Gasteiger charge is 2.40. The number of hydrogen-bond acceptors (Lipinski definition) is 5. The first kappa shape index (κ1) is 27.2. The predicted octanol–water partition coefficient (Wildman–Crippen LogP) is 3.97. The first-order valence-electron chi connectivity index (χ1n) is 10.8. The fourth-order valence-electron chi connectivity index (χ4n) is 3.38. The molecule has 3 N–H and O–H groups in total. The van der Waals surface area contributed by atoms with Crippen molar-refractivity contribution in [3.05, 3.63) is 36.5 Å². The number of hydrogen-bond donors (Lipinski definition) is 3. The van der Waals surface area contributed by atoms with E-state index in [9.17, 15) is 19.6 Å². The van der Waals surface area contributed by atoms with Crippen LogP contribution in [0.4, 0.5) is 5.69 Å². The molecule has 0 aliphatic heterocycles. The Kier molecular flexibility index (Phi) is 9.90. The number of anilines is 1. The van der Waals surface area contributed by atoms with Crippen molar-refractivity contribution in [2.24, 2.45) is 17.3 Å². The van der Waals surface area contributed by atoms with Gasteiger partial charge in [0, 0.05) is 17.5 Å². The SMILES string of the molecule is C=C(C)N(O)C(=O)[C@H](C(=O)NC(C(=O)Nc1cccc(OC)c1)C(C)(C)C)[C@H](C)CCC. The molecule has 0 heterocycles. The Morgan fingerprint density at radius 2 is 1.84 bits per heavy atom. The lowest BCUT2D eigenvalue weighted by Crippen LogP contribution is -2.55. The third-order valence-corrected chi connectivity index (χ3v) is 5.18. The van der Waals surface area contributed by atoms with Crippen LogP contribution in [0, 0.1) is 17.3 Å². The lowest BCUT2D eigenvalue weighted by atomic mass is 9.84. The van der Waals surface area contributed by atoms with E-state index >= 15 is 0 Å². The summed E-state index contributed by atoms with van der Waals surface area (Å²) in [5.41, 5.74) is -0.0127. The van der Waals surface area contributed by atoms with Crippen LogP contribution in [-0.2, 0) is 14.4 Å². The molecule has 0 radical (unpaired) electrons. The number of nitrogens with one attached hydrogen (secondary N) is 2. The van der Waals surface area contributed by atoms with Gasteiger partial charge in [-0.1, -0.05) is 53.7 Å². The van der Waals surface area contributed by atoms with Crippen LogP contribution in [0.5, 0.6) is 5.75 Å². The molecule has 0 aliphatic rings. The molecule has 0 aliphatic carbocycles. The van der Waals surface area contributed by atoms with Crippen LogP contribution < -0.4 is 15.4 Å². The zero-order valence-corrected chi connectivity index (χ0v) is 20.2. The summed E-state index contributed by atoms with van der Waals surface area (Å²) in [6.07, 6.45) is 1.36. The number of benzene rings is 1. The second-order valence-electron chi connectivity index (χ2n) is 9.16. The van der Waals surface area contributed by atoms with Gasteiger partial charge in [0.1, 0.15) is 17.7 Å². The van der Waals surface area contributed by atoms with Crippen molar-refractivity contribution in [1.82, 2.24) is 10.4 Å². The lowest BCUT2D eigenvalue weighted by Gasteiger charge is -2.33. The summed E-state index contributed by atoms with van der Waals surface area (Å²) in [6.45, 7) is 14.2. The largest absolute Gasteiger partial charge is 0.497 e. The Balaban J connectivity index is 3.17. The summed E-state index contributed by atoms with van der Waals surface area (Å²) < 4.78 is 5.18. The molecular weight excluding hydrogens is 410 g/mol. The first-order chi connectivity index (χ1) is 14.8. The number of amides is 3. The average molecular weight is 448 g/mol. The Morgan fingerprint density at radius 3 is 2.34 bits per heavy atom. The number of hydroxylamine groups is 2. The highest BCUT2D eigenvalue weighted by Crippen LogP contribution is 2.26. The van der Waals surface area contributed by atoms with Crippen molar-refractivity contribution in [3.63, 3.8) is 0 Å². The summed E-state index contributed by atoms with van der Waals surface area (Å²) in [5.74, 6) is -2.72. The van der Waals surface area contributed by atoms with Gasteiger partial charge in [0.25, 0.3) is 5.91 Å². The van der Waals surface area contributed by atoms with Crippen LogP contribution in [0.1, 0.15) is 54.4 Å². The van der Waals surface area contributed by atoms with Gasteiger partial charge in [0.2, 0.25) is 11.8 Å². The second kappa shape index (κ2) is 11.7. The summed E-state index contributed by atoms with van der Waals surface area (Å²) >= 11 is 0. The van der Waals surface area contributed by atoms with Gasteiger partial charge in [0.05, 0.1) is 7.11 Å². The summed E-state index contributed by atoms with van der Waals surface area (Å²) in [6, 6.07) is 5.96. The maximum absolute atomic E-state index is 13.2. The van der Waals surface area contributed by atoms with E-state index in [0.717, 1.165) is 6.42 Å². The van der Waals surface area contributed by atoms with Gasteiger partial charge in [-0.2, -0.15) is 5.06 Å². The van der Waals surface area contributed by atoms with E-state index in [1.807, 2.05) is 27.7 Å². The minimum atomic E-state index is -1.16. The molecule has 8 nitrogen and oxygen atoms in total. The Bertz CT molecular complexity index is 831. The first-order valence-corrected chi connectivity index (χ1v) is 10.8. The minimum absolute atomic E-state index is 0.111. The molecule has 1 aromatic carbocycles. The summed E-state index contributed by atoms with van der Waals surface area (Å²) in [7, 11) is 1.53. The van der Waals surface area contributed by atoms with E-state index in [2.05, 4.69) is 17.2 Å². The van der Waals surface area contributed by atoms with Crippen LogP contribution in [0.25, 0.3) is 0 Å². The van der Waals surface area contributed by atoms with Crippen LogP contribution in [0.15, 0.2) is 36.5 Å². The maximum Gasteiger partial charge on any atom is 0.263 e. The Hall–Kier alpha value is -2.87.